The summed E-state index contributed by atoms with van der Waals surface area (Å²) in [6.07, 6.45) is 8.92. The molecule has 1 N–H and O–H groups in total. The van der Waals surface area contributed by atoms with Crippen LogP contribution in [0.3, 0.4) is 0 Å². The van der Waals surface area contributed by atoms with Crippen LogP contribution in [0.2, 0.25) is 0 Å². The van der Waals surface area contributed by atoms with Crippen LogP contribution < -0.4 is 0 Å². The van der Waals surface area contributed by atoms with E-state index in [1.165, 1.54) is 0 Å². The molecule has 0 rings (SSSR count). The Morgan fingerprint density at radius 2 is 2.00 bits per heavy atom. The van der Waals surface area contributed by atoms with E-state index in [1.54, 1.807) is 0 Å². The minimum absolute atomic E-state index is 0.595. The van der Waals surface area contributed by atoms with Gasteiger partial charge in [0.05, 0.1) is 0 Å². The average molecular weight is 277 g/mol. The highest BCUT2D eigenvalue weighted by Gasteiger charge is 2.05. The molecule has 0 aromatic carbocycles. The van der Waals surface area contributed by atoms with Gasteiger partial charge in [-0.25, -0.2) is 4.79 Å². The molecular weight excluding hydrogens is 256 g/mol. The van der Waals surface area contributed by atoms with Crippen LogP contribution in [0.4, 0.5) is 0 Å². The summed E-state index contributed by atoms with van der Waals surface area (Å²) >= 11 is 3.36. The number of allylic oxidation sites excluding steroid dienone is 1. The summed E-state index contributed by atoms with van der Waals surface area (Å²) in [7, 11) is 0. The van der Waals surface area contributed by atoms with E-state index in [4.69, 9.17) is 5.11 Å². The van der Waals surface area contributed by atoms with E-state index < -0.39 is 5.97 Å². The molecule has 88 valence electrons. The van der Waals surface area contributed by atoms with Gasteiger partial charge in [-0.15, -0.1) is 0 Å². The summed E-state index contributed by atoms with van der Waals surface area (Å²) in [5.74, 6) is -0.745. The monoisotopic (exact) mass is 276 g/mol. The van der Waals surface area contributed by atoms with Gasteiger partial charge in [0.25, 0.3) is 0 Å². The zero-order valence-corrected chi connectivity index (χ0v) is 11.1. The fourth-order valence-corrected chi connectivity index (χ4v) is 1.77. The lowest BCUT2D eigenvalue weighted by molar-refractivity contribution is -0.132. The summed E-state index contributed by atoms with van der Waals surface area (Å²) in [5.41, 5.74) is 0.595. The van der Waals surface area contributed by atoms with Gasteiger partial charge in [-0.3, -0.25) is 0 Å². The highest BCUT2D eigenvalue weighted by atomic mass is 79.9. The molecule has 15 heavy (non-hydrogen) atoms. The first kappa shape index (κ1) is 14.7. The van der Waals surface area contributed by atoms with Crippen molar-refractivity contribution in [2.45, 2.75) is 51.9 Å². The first-order valence-corrected chi connectivity index (χ1v) is 6.82. The maximum atomic E-state index is 10.9. The third-order valence-electron chi connectivity index (χ3n) is 2.30. The van der Waals surface area contributed by atoms with Crippen molar-refractivity contribution in [3.63, 3.8) is 0 Å². The summed E-state index contributed by atoms with van der Waals surface area (Å²) in [6.45, 7) is 2.13. The minimum Gasteiger partial charge on any atom is -0.478 e. The smallest absolute Gasteiger partial charge is 0.331 e. The zero-order valence-electron chi connectivity index (χ0n) is 9.47. The second kappa shape index (κ2) is 10.2. The van der Waals surface area contributed by atoms with Gasteiger partial charge in [0, 0.05) is 10.9 Å². The number of alkyl halides is 1. The van der Waals surface area contributed by atoms with Gasteiger partial charge < -0.3 is 5.11 Å². The maximum Gasteiger partial charge on any atom is 0.331 e. The number of aliphatic carboxylic acids is 1. The zero-order chi connectivity index (χ0) is 11.5. The van der Waals surface area contributed by atoms with Crippen LogP contribution in [-0.2, 0) is 4.79 Å². The normalized spacial score (nSPS) is 11.7. The number of carboxylic acid groups (broad SMARTS) is 1. The molecule has 0 saturated carbocycles. The van der Waals surface area contributed by atoms with Crippen molar-refractivity contribution in [2.75, 3.05) is 5.33 Å². The maximum absolute atomic E-state index is 10.9. The SMILES string of the molecule is CCCCCC(=CCCCCBr)C(=O)O. The molecule has 0 aliphatic heterocycles. The molecule has 0 bridgehead atoms. The van der Waals surface area contributed by atoms with E-state index in [9.17, 15) is 4.79 Å². The number of hydrogen-bond acceptors (Lipinski definition) is 1. The van der Waals surface area contributed by atoms with Gasteiger partial charge in [-0.05, 0) is 32.1 Å². The molecule has 0 aliphatic carbocycles. The Morgan fingerprint density at radius 3 is 2.53 bits per heavy atom. The van der Waals surface area contributed by atoms with Crippen molar-refractivity contribution in [3.05, 3.63) is 11.6 Å². The molecule has 0 amide bonds. The largest absolute Gasteiger partial charge is 0.478 e. The van der Waals surface area contributed by atoms with E-state index in [0.717, 1.165) is 50.3 Å². The van der Waals surface area contributed by atoms with Crippen molar-refractivity contribution >= 4 is 21.9 Å². The number of carbonyl (C=O) groups is 1. The van der Waals surface area contributed by atoms with Gasteiger partial charge in [0.15, 0.2) is 0 Å². The summed E-state index contributed by atoms with van der Waals surface area (Å²) < 4.78 is 0. The van der Waals surface area contributed by atoms with Crippen LogP contribution in [0.5, 0.6) is 0 Å². The van der Waals surface area contributed by atoms with Gasteiger partial charge in [-0.1, -0.05) is 41.8 Å². The molecule has 0 unspecified atom stereocenters. The molecule has 2 nitrogen and oxygen atoms in total. The molecule has 0 saturated heterocycles. The third-order valence-corrected chi connectivity index (χ3v) is 2.86. The minimum atomic E-state index is -0.745. The summed E-state index contributed by atoms with van der Waals surface area (Å²) in [4.78, 5) is 10.9. The van der Waals surface area contributed by atoms with Crippen molar-refractivity contribution in [3.8, 4) is 0 Å². The van der Waals surface area contributed by atoms with Crippen molar-refractivity contribution < 1.29 is 9.90 Å². The second-order valence-electron chi connectivity index (χ2n) is 3.68. The Morgan fingerprint density at radius 1 is 1.27 bits per heavy atom. The van der Waals surface area contributed by atoms with Crippen LogP contribution in [0, 0.1) is 0 Å². The van der Waals surface area contributed by atoms with Gasteiger partial charge in [0.1, 0.15) is 0 Å². The molecule has 0 aromatic rings. The van der Waals surface area contributed by atoms with Crippen molar-refractivity contribution in [2.24, 2.45) is 0 Å². The standard InChI is InChI=1S/C12H21BrO2/c1-2-3-5-8-11(12(14)15)9-6-4-7-10-13/h9H,2-8,10H2,1H3,(H,14,15). The van der Waals surface area contributed by atoms with Gasteiger partial charge in [0.2, 0.25) is 0 Å². The lowest BCUT2D eigenvalue weighted by Gasteiger charge is -2.01. The molecule has 0 aromatic heterocycles. The molecule has 0 heterocycles. The van der Waals surface area contributed by atoms with E-state index in [1.807, 2.05) is 6.08 Å². The highest BCUT2D eigenvalue weighted by molar-refractivity contribution is 9.09. The molecule has 0 fully saturated rings. The Balaban J connectivity index is 3.85. The van der Waals surface area contributed by atoms with Crippen LogP contribution in [0.25, 0.3) is 0 Å². The highest BCUT2D eigenvalue weighted by Crippen LogP contribution is 2.11. The number of halogens is 1. The fourth-order valence-electron chi connectivity index (χ4n) is 1.38. The Kier molecular flexibility index (Phi) is 10.0. The van der Waals surface area contributed by atoms with Crippen molar-refractivity contribution in [1.29, 1.82) is 0 Å². The van der Waals surface area contributed by atoms with Gasteiger partial charge >= 0.3 is 5.97 Å². The first-order valence-electron chi connectivity index (χ1n) is 5.70. The van der Waals surface area contributed by atoms with E-state index in [0.29, 0.717) is 5.57 Å². The second-order valence-corrected chi connectivity index (χ2v) is 4.47. The van der Waals surface area contributed by atoms with Crippen LogP contribution in [0.1, 0.15) is 51.9 Å². The summed E-state index contributed by atoms with van der Waals surface area (Å²) in [5, 5.41) is 9.95. The molecule has 3 heteroatoms. The molecule has 0 radical (unpaired) electrons. The Labute approximate surface area is 101 Å². The van der Waals surface area contributed by atoms with E-state index >= 15 is 0 Å². The summed E-state index contributed by atoms with van der Waals surface area (Å²) in [6, 6.07) is 0. The molecular formula is C12H21BrO2. The predicted molar refractivity (Wildman–Crippen MR) is 67.5 cm³/mol. The predicted octanol–water partition coefficient (Wildman–Crippen LogP) is 4.14. The van der Waals surface area contributed by atoms with Gasteiger partial charge in [-0.2, -0.15) is 0 Å². The Hall–Kier alpha value is -0.310. The average Bonchev–Trinajstić information content (AvgIpc) is 2.21. The lowest BCUT2D eigenvalue weighted by Crippen LogP contribution is -2.00. The van der Waals surface area contributed by atoms with E-state index in [-0.39, 0.29) is 0 Å². The van der Waals surface area contributed by atoms with Crippen molar-refractivity contribution in [1.82, 2.24) is 0 Å². The fraction of sp³-hybridized carbons (Fsp3) is 0.750. The lowest BCUT2D eigenvalue weighted by atomic mass is 10.1. The molecule has 0 aliphatic rings. The third kappa shape index (κ3) is 8.67. The van der Waals surface area contributed by atoms with Crippen LogP contribution >= 0.6 is 15.9 Å². The number of rotatable bonds is 9. The number of unbranched alkanes of at least 4 members (excludes halogenated alkanes) is 4. The molecule has 0 atom stereocenters. The first-order chi connectivity index (χ1) is 7.22. The quantitative estimate of drug-likeness (QED) is 0.390. The molecule has 0 spiro atoms. The number of hydrogen-bond donors (Lipinski definition) is 1. The van der Waals surface area contributed by atoms with E-state index in [2.05, 4.69) is 22.9 Å². The number of carboxylic acids is 1. The van der Waals surface area contributed by atoms with Crippen LogP contribution in [-0.4, -0.2) is 16.4 Å². The Bertz CT molecular complexity index is 200. The van der Waals surface area contributed by atoms with Crippen LogP contribution in [0.15, 0.2) is 11.6 Å². The topological polar surface area (TPSA) is 37.3 Å².